The number of benzene rings is 4. The fraction of sp³-hybridized carbons (Fsp3) is 0.324. The summed E-state index contributed by atoms with van der Waals surface area (Å²) < 4.78 is 62.1. The van der Waals surface area contributed by atoms with E-state index in [9.17, 15) is 18.3 Å². The van der Waals surface area contributed by atoms with Crippen molar-refractivity contribution in [2.75, 3.05) is 14.2 Å². The maximum absolute atomic E-state index is 15.0. The summed E-state index contributed by atoms with van der Waals surface area (Å²) in [5, 5.41) is 10.9. The average Bonchev–Trinajstić information content (AvgIpc) is 3.45. The van der Waals surface area contributed by atoms with E-state index in [0.717, 1.165) is 5.56 Å². The van der Waals surface area contributed by atoms with E-state index in [2.05, 4.69) is 0 Å². The molecule has 0 radical (unpaired) electrons. The SMILES string of the molecule is COC(=O)[C@H]1[C@H]2[C@@H](O)[C@]3(OC)OC(c4ccccc4)(c4ccccc4)O[C@@]3(C[C@H]2OCc2ccccc2)[C@@H]1S(=O)(=O)c1ccccc1. The van der Waals surface area contributed by atoms with Crippen molar-refractivity contribution in [2.45, 2.75) is 52.6 Å². The third kappa shape index (κ3) is 4.69. The summed E-state index contributed by atoms with van der Waals surface area (Å²) in [6.07, 6.45) is -2.48. The van der Waals surface area contributed by atoms with Crippen LogP contribution >= 0.6 is 0 Å². The minimum absolute atomic E-state index is 0.0115. The normalized spacial score (nSPS) is 30.8. The van der Waals surface area contributed by atoms with Gasteiger partial charge in [-0.2, -0.15) is 0 Å². The van der Waals surface area contributed by atoms with E-state index in [-0.39, 0.29) is 17.9 Å². The van der Waals surface area contributed by atoms with E-state index < -0.39 is 62.3 Å². The van der Waals surface area contributed by atoms with Gasteiger partial charge in [-0.1, -0.05) is 109 Å². The van der Waals surface area contributed by atoms with Crippen LogP contribution in [0.2, 0.25) is 0 Å². The van der Waals surface area contributed by atoms with Crippen molar-refractivity contribution in [3.8, 4) is 0 Å². The molecule has 4 fully saturated rings. The molecule has 0 amide bonds. The van der Waals surface area contributed by atoms with Gasteiger partial charge in [0.15, 0.2) is 9.84 Å². The molecule has 1 N–H and O–H groups in total. The van der Waals surface area contributed by atoms with Crippen LogP contribution in [0.25, 0.3) is 0 Å². The number of hydrogen-bond donors (Lipinski definition) is 1. The lowest BCUT2D eigenvalue weighted by atomic mass is 9.55. The topological polar surface area (TPSA) is 118 Å². The standard InChI is InChI=1S/C37H36O9S/c1-42-34(39)31-30-29(44-24-25-15-7-3-8-16-25)23-35(33(31)47(40,41)28-21-13-6-14-22-28)37(43-2,32(30)38)46-36(45-35,26-17-9-4-10-18-26)27-19-11-5-12-20-27/h3-22,29-33,38H,23-24H2,1-2H3/t29-,30+,31+,32-,33-,35+,37+/m1/s1. The number of ether oxygens (including phenoxy) is 5. The Morgan fingerprint density at radius 3 is 1.87 bits per heavy atom. The third-order valence-electron chi connectivity index (χ3n) is 9.90. The molecule has 4 aromatic carbocycles. The van der Waals surface area contributed by atoms with E-state index in [4.69, 9.17) is 23.7 Å². The first-order chi connectivity index (χ1) is 22.7. The highest BCUT2D eigenvalue weighted by molar-refractivity contribution is 7.92. The zero-order chi connectivity index (χ0) is 32.9. The molecular formula is C37H36O9S. The van der Waals surface area contributed by atoms with Crippen molar-refractivity contribution in [1.82, 2.24) is 0 Å². The predicted octanol–water partition coefficient (Wildman–Crippen LogP) is 4.63. The van der Waals surface area contributed by atoms with Gasteiger partial charge in [-0.05, 0) is 17.7 Å². The second-order valence-electron chi connectivity index (χ2n) is 12.2. The van der Waals surface area contributed by atoms with Crippen LogP contribution in [-0.4, -0.2) is 62.6 Å². The molecule has 0 unspecified atom stereocenters. The van der Waals surface area contributed by atoms with Crippen LogP contribution in [0.15, 0.2) is 126 Å². The molecule has 4 aliphatic rings. The van der Waals surface area contributed by atoms with Gasteiger partial charge < -0.3 is 28.8 Å². The highest BCUT2D eigenvalue weighted by atomic mass is 32.2. The van der Waals surface area contributed by atoms with Crippen LogP contribution in [0.3, 0.4) is 0 Å². The zero-order valence-corrected chi connectivity index (χ0v) is 26.8. The number of esters is 1. The molecule has 1 aliphatic heterocycles. The molecule has 2 bridgehead atoms. The molecule has 10 heteroatoms. The van der Waals surface area contributed by atoms with Gasteiger partial charge >= 0.3 is 5.97 Å². The van der Waals surface area contributed by atoms with Crippen LogP contribution in [0, 0.1) is 11.8 Å². The van der Waals surface area contributed by atoms with E-state index in [1.807, 2.05) is 91.0 Å². The van der Waals surface area contributed by atoms with Crippen molar-refractivity contribution in [2.24, 2.45) is 11.8 Å². The first kappa shape index (κ1) is 31.7. The molecular weight excluding hydrogens is 620 g/mol. The molecule has 1 heterocycles. The van der Waals surface area contributed by atoms with Gasteiger partial charge in [0.25, 0.3) is 0 Å². The molecule has 1 spiro atoms. The molecule has 1 saturated heterocycles. The van der Waals surface area contributed by atoms with E-state index in [0.29, 0.717) is 11.1 Å². The highest BCUT2D eigenvalue weighted by Gasteiger charge is 2.85. The number of carbonyl (C=O) groups is 1. The summed E-state index contributed by atoms with van der Waals surface area (Å²) in [4.78, 5) is 13.9. The zero-order valence-electron chi connectivity index (χ0n) is 26.0. The summed E-state index contributed by atoms with van der Waals surface area (Å²) in [5.74, 6) is -7.11. The van der Waals surface area contributed by atoms with Gasteiger partial charge in [-0.15, -0.1) is 0 Å². The quantitative estimate of drug-likeness (QED) is 0.258. The van der Waals surface area contributed by atoms with Gasteiger partial charge in [0.2, 0.25) is 11.6 Å². The molecule has 3 aliphatic carbocycles. The largest absolute Gasteiger partial charge is 0.469 e. The first-order valence-corrected chi connectivity index (χ1v) is 17.1. The monoisotopic (exact) mass is 656 g/mol. The summed E-state index contributed by atoms with van der Waals surface area (Å²) in [6, 6.07) is 35.6. The lowest BCUT2D eigenvalue weighted by molar-refractivity contribution is -0.353. The highest BCUT2D eigenvalue weighted by Crippen LogP contribution is 2.67. The van der Waals surface area contributed by atoms with E-state index >= 15 is 0 Å². The number of methoxy groups -OCH3 is 2. The van der Waals surface area contributed by atoms with Crippen molar-refractivity contribution >= 4 is 15.8 Å². The van der Waals surface area contributed by atoms with E-state index in [1.54, 1.807) is 18.2 Å². The van der Waals surface area contributed by atoms with Gasteiger partial charge in [0.1, 0.15) is 17.0 Å². The summed E-state index contributed by atoms with van der Waals surface area (Å²) in [7, 11) is -1.83. The van der Waals surface area contributed by atoms with Crippen LogP contribution in [-0.2, 0) is 50.7 Å². The lowest BCUT2D eigenvalue weighted by Crippen LogP contribution is -2.82. The summed E-state index contributed by atoms with van der Waals surface area (Å²) >= 11 is 0. The minimum Gasteiger partial charge on any atom is -0.469 e. The summed E-state index contributed by atoms with van der Waals surface area (Å²) in [6.45, 7) is 0.151. The average molecular weight is 657 g/mol. The van der Waals surface area contributed by atoms with Gasteiger partial charge in [0, 0.05) is 30.6 Å². The van der Waals surface area contributed by atoms with Crippen molar-refractivity contribution in [3.63, 3.8) is 0 Å². The van der Waals surface area contributed by atoms with Crippen LogP contribution in [0.5, 0.6) is 0 Å². The number of aliphatic hydroxyl groups is 1. The Morgan fingerprint density at radius 1 is 0.809 bits per heavy atom. The Kier molecular flexibility index (Phi) is 8.07. The van der Waals surface area contributed by atoms with Crippen LogP contribution < -0.4 is 0 Å². The number of carbonyl (C=O) groups excluding carboxylic acids is 1. The van der Waals surface area contributed by atoms with Gasteiger partial charge in [-0.25, -0.2) is 8.42 Å². The molecule has 47 heavy (non-hydrogen) atoms. The second-order valence-corrected chi connectivity index (χ2v) is 14.3. The molecule has 0 aromatic heterocycles. The number of aliphatic hydroxyl groups excluding tert-OH is 1. The van der Waals surface area contributed by atoms with Crippen molar-refractivity contribution < 1.29 is 42.0 Å². The number of rotatable bonds is 9. The molecule has 4 aromatic rings. The maximum Gasteiger partial charge on any atom is 0.310 e. The van der Waals surface area contributed by atoms with E-state index in [1.165, 1.54) is 26.4 Å². The number of sulfone groups is 1. The Hall–Kier alpha value is -3.90. The second kappa shape index (κ2) is 12.0. The smallest absolute Gasteiger partial charge is 0.310 e. The van der Waals surface area contributed by atoms with Crippen LogP contribution in [0.4, 0.5) is 0 Å². The third-order valence-corrected chi connectivity index (χ3v) is 12.2. The molecule has 244 valence electrons. The number of hydrogen-bond acceptors (Lipinski definition) is 9. The number of fused-ring (bicyclic) bond motifs is 2. The van der Waals surface area contributed by atoms with Gasteiger partial charge in [0.05, 0.1) is 30.6 Å². The van der Waals surface area contributed by atoms with Crippen molar-refractivity contribution in [3.05, 3.63) is 138 Å². The van der Waals surface area contributed by atoms with Gasteiger partial charge in [-0.3, -0.25) is 4.79 Å². The molecule has 3 saturated carbocycles. The first-order valence-electron chi connectivity index (χ1n) is 15.5. The maximum atomic E-state index is 15.0. The summed E-state index contributed by atoms with van der Waals surface area (Å²) in [5.41, 5.74) is -0.00618. The predicted molar refractivity (Wildman–Crippen MR) is 170 cm³/mol. The minimum atomic E-state index is -4.39. The fourth-order valence-electron chi connectivity index (χ4n) is 7.94. The molecule has 8 rings (SSSR count). The molecule has 7 atom stereocenters. The Labute approximate surface area is 273 Å². The van der Waals surface area contributed by atoms with Crippen LogP contribution in [0.1, 0.15) is 23.1 Å². The lowest BCUT2D eigenvalue weighted by Gasteiger charge is -2.62. The Bertz CT molecular complexity index is 1780. The van der Waals surface area contributed by atoms with Crippen molar-refractivity contribution in [1.29, 1.82) is 0 Å². The fourth-order valence-corrected chi connectivity index (χ4v) is 10.3. The molecule has 9 nitrogen and oxygen atoms in total. The Morgan fingerprint density at radius 2 is 1.34 bits per heavy atom. The Balaban J connectivity index is 1.49.